The average molecular weight is 1050 g/mol. The maximum absolute atomic E-state index is 14.2. The first-order valence-corrected chi connectivity index (χ1v) is 28.6. The fraction of sp³-hybridized carbons (Fsp3) is 0.317. The molecule has 0 spiro atoms. The van der Waals surface area contributed by atoms with Crippen LogP contribution >= 0.6 is 11.8 Å². The van der Waals surface area contributed by atoms with E-state index >= 15 is 0 Å². The summed E-state index contributed by atoms with van der Waals surface area (Å²) in [4.78, 5) is 15.0. The van der Waals surface area contributed by atoms with Crippen molar-refractivity contribution < 1.29 is 47.5 Å². The average Bonchev–Trinajstić information content (AvgIpc) is 3.44. The molecule has 2 aliphatic rings. The summed E-state index contributed by atoms with van der Waals surface area (Å²) < 4.78 is 56.2. The molecule has 2 saturated heterocycles. The Morgan fingerprint density at radius 2 is 1.01 bits per heavy atom. The molecular formula is C63H68O10SSi. The molecule has 75 heavy (non-hydrogen) atoms. The SMILES string of the molecule is Cc1ccc(S[C@@H]2O[C@H](CO[Si](c3ccccc3)(c3ccccc3)C(C)(C)C)[C@H](O[C@@H]3O[C@@H](C)[C@@H](OCc4ccccc4)[C@@H](OCc4ccccc4)[C@@H]3OCc3ccccc3)[C@H](O)[C@H]2OC(=O)c2ccccc2)cc1. The highest BCUT2D eigenvalue weighted by atomic mass is 32.2. The third-order valence-corrected chi connectivity index (χ3v) is 20.1. The smallest absolute Gasteiger partial charge is 0.338 e. The van der Waals surface area contributed by atoms with E-state index in [0.29, 0.717) is 12.2 Å². The minimum atomic E-state index is -3.20. The molecule has 0 aromatic heterocycles. The summed E-state index contributed by atoms with van der Waals surface area (Å²) in [7, 11) is -3.20. The van der Waals surface area contributed by atoms with Gasteiger partial charge in [0.25, 0.3) is 8.32 Å². The van der Waals surface area contributed by atoms with E-state index in [1.807, 2.05) is 172 Å². The first kappa shape index (κ1) is 54.1. The summed E-state index contributed by atoms with van der Waals surface area (Å²) in [5.74, 6) is -0.613. The van der Waals surface area contributed by atoms with E-state index in [1.54, 1.807) is 24.3 Å². The Bertz CT molecular complexity index is 2770. The molecule has 0 amide bonds. The van der Waals surface area contributed by atoms with Gasteiger partial charge in [-0.05, 0) is 70.2 Å². The number of aliphatic hydroxyl groups excluding tert-OH is 1. The quantitative estimate of drug-likeness (QED) is 0.0582. The third-order valence-electron chi connectivity index (χ3n) is 13.9. The summed E-state index contributed by atoms with van der Waals surface area (Å²) in [6, 6.07) is 67.4. The highest BCUT2D eigenvalue weighted by Crippen LogP contribution is 2.42. The van der Waals surface area contributed by atoms with Crippen molar-refractivity contribution in [1.82, 2.24) is 0 Å². The first-order valence-electron chi connectivity index (χ1n) is 25.8. The number of ether oxygens (including phenoxy) is 7. The lowest BCUT2D eigenvalue weighted by Gasteiger charge is -2.50. The predicted molar refractivity (Wildman–Crippen MR) is 295 cm³/mol. The van der Waals surface area contributed by atoms with Crippen LogP contribution < -0.4 is 10.4 Å². The Kier molecular flexibility index (Phi) is 18.3. The fourth-order valence-corrected chi connectivity index (χ4v) is 15.7. The minimum absolute atomic E-state index is 0.00607. The third kappa shape index (κ3) is 13.3. The van der Waals surface area contributed by atoms with E-state index in [0.717, 1.165) is 37.5 Å². The Morgan fingerprint density at radius 3 is 1.51 bits per heavy atom. The number of carbonyl (C=O) groups is 1. The van der Waals surface area contributed by atoms with Gasteiger partial charge in [-0.25, -0.2) is 4.79 Å². The van der Waals surface area contributed by atoms with Crippen LogP contribution in [-0.2, 0) is 57.4 Å². The Hall–Kier alpha value is -5.74. The molecule has 2 aliphatic heterocycles. The Morgan fingerprint density at radius 1 is 0.560 bits per heavy atom. The number of hydrogen-bond donors (Lipinski definition) is 1. The van der Waals surface area contributed by atoms with Gasteiger partial charge < -0.3 is 42.7 Å². The van der Waals surface area contributed by atoms with Crippen molar-refractivity contribution in [3.63, 3.8) is 0 Å². The van der Waals surface area contributed by atoms with Crippen molar-refractivity contribution in [2.45, 2.75) is 125 Å². The van der Waals surface area contributed by atoms with Crippen LogP contribution in [0.5, 0.6) is 0 Å². The van der Waals surface area contributed by atoms with Gasteiger partial charge in [0.05, 0.1) is 38.1 Å². The highest BCUT2D eigenvalue weighted by Gasteiger charge is 2.56. The number of rotatable bonds is 20. The molecule has 390 valence electrons. The molecule has 0 radical (unpaired) electrons. The number of hydrogen-bond acceptors (Lipinski definition) is 11. The predicted octanol–water partition coefficient (Wildman–Crippen LogP) is 10.9. The first-order chi connectivity index (χ1) is 36.5. The highest BCUT2D eigenvalue weighted by molar-refractivity contribution is 7.99. The molecule has 10 nitrogen and oxygen atoms in total. The second-order valence-electron chi connectivity index (χ2n) is 20.3. The molecule has 7 aromatic carbocycles. The molecule has 2 heterocycles. The molecule has 12 heteroatoms. The Labute approximate surface area is 447 Å². The number of esters is 1. The van der Waals surface area contributed by atoms with Crippen LogP contribution in [0.2, 0.25) is 5.04 Å². The van der Waals surface area contributed by atoms with Crippen molar-refractivity contribution in [3.05, 3.63) is 234 Å². The lowest BCUT2D eigenvalue weighted by molar-refractivity contribution is -0.349. The van der Waals surface area contributed by atoms with E-state index in [2.05, 4.69) is 45.0 Å². The number of thioether (sulfide) groups is 1. The van der Waals surface area contributed by atoms with Crippen molar-refractivity contribution >= 4 is 36.4 Å². The van der Waals surface area contributed by atoms with E-state index < -0.39 is 74.8 Å². The van der Waals surface area contributed by atoms with Crippen LogP contribution in [0.4, 0.5) is 0 Å². The van der Waals surface area contributed by atoms with Crippen LogP contribution in [0.25, 0.3) is 0 Å². The molecule has 2 fully saturated rings. The summed E-state index contributed by atoms with van der Waals surface area (Å²) in [6.45, 7) is 11.4. The van der Waals surface area contributed by atoms with Crippen LogP contribution in [0, 0.1) is 6.92 Å². The van der Waals surface area contributed by atoms with E-state index in [4.69, 9.17) is 37.6 Å². The van der Waals surface area contributed by atoms with Gasteiger partial charge in [-0.2, -0.15) is 0 Å². The Balaban J connectivity index is 1.13. The molecule has 0 aliphatic carbocycles. The van der Waals surface area contributed by atoms with Gasteiger partial charge in [-0.3, -0.25) is 0 Å². The summed E-state index contributed by atoms with van der Waals surface area (Å²) >= 11 is 1.37. The standard InChI is InChI=1S/C63H68O10SSi/c1-44-36-38-50(39-37-44)74-62-57(72-60(65)49-30-18-9-19-31-49)54(64)56(53(71-62)43-69-75(63(3,4)5,51-32-20-10-21-33-51)52-34-22-11-23-35-52)73-61-59(68-42-48-28-16-8-17-29-48)58(67-41-47-26-14-7-15-27-47)55(45(2)70-61)66-40-46-24-12-6-13-25-46/h6-39,45,53-59,61-62,64H,40-43H2,1-5H3/t45-,53+,54-,55+,56-,57+,58+,59-,61-,62-/m0/s1. The van der Waals surface area contributed by atoms with Crippen LogP contribution in [-0.4, -0.2) is 86.6 Å². The van der Waals surface area contributed by atoms with Crippen molar-refractivity contribution in [3.8, 4) is 0 Å². The van der Waals surface area contributed by atoms with Crippen LogP contribution in [0.3, 0.4) is 0 Å². The molecule has 9 rings (SSSR count). The maximum atomic E-state index is 14.2. The number of aliphatic hydroxyl groups is 1. The van der Waals surface area contributed by atoms with Gasteiger partial charge in [0.2, 0.25) is 0 Å². The molecule has 10 atom stereocenters. The molecular weight excluding hydrogens is 977 g/mol. The molecule has 0 unspecified atom stereocenters. The lowest BCUT2D eigenvalue weighted by Crippen LogP contribution is -2.69. The van der Waals surface area contributed by atoms with Crippen molar-refractivity contribution in [2.24, 2.45) is 0 Å². The lowest BCUT2D eigenvalue weighted by atomic mass is 9.96. The van der Waals surface area contributed by atoms with Gasteiger partial charge in [0.15, 0.2) is 12.4 Å². The summed E-state index contributed by atoms with van der Waals surface area (Å²) in [5, 5.41) is 15.0. The zero-order chi connectivity index (χ0) is 52.2. The minimum Gasteiger partial charge on any atom is -0.452 e. The number of aryl methyl sites for hydroxylation is 1. The number of benzene rings is 7. The maximum Gasteiger partial charge on any atom is 0.338 e. The van der Waals surface area contributed by atoms with E-state index in [-0.39, 0.29) is 24.9 Å². The zero-order valence-corrected chi connectivity index (χ0v) is 45.1. The van der Waals surface area contributed by atoms with Gasteiger partial charge in [0, 0.05) is 4.90 Å². The monoisotopic (exact) mass is 1040 g/mol. The topological polar surface area (TPSA) is 111 Å². The van der Waals surface area contributed by atoms with Crippen LogP contribution in [0.1, 0.15) is 60.3 Å². The van der Waals surface area contributed by atoms with Gasteiger partial charge in [0.1, 0.15) is 42.1 Å². The van der Waals surface area contributed by atoms with Crippen molar-refractivity contribution in [2.75, 3.05) is 6.61 Å². The molecule has 1 N–H and O–H groups in total. The molecule has 0 saturated carbocycles. The zero-order valence-electron chi connectivity index (χ0n) is 43.3. The summed E-state index contributed by atoms with van der Waals surface area (Å²) in [6.07, 6.45) is -8.87. The largest absolute Gasteiger partial charge is 0.452 e. The second kappa shape index (κ2) is 25.4. The molecule has 0 bridgehead atoms. The fourth-order valence-electron chi connectivity index (χ4n) is 10.0. The summed E-state index contributed by atoms with van der Waals surface area (Å²) in [5.41, 5.74) is 3.40. The second-order valence-corrected chi connectivity index (χ2v) is 25.7. The normalized spacial score (nSPS) is 24.1. The van der Waals surface area contributed by atoms with E-state index in [9.17, 15) is 9.90 Å². The van der Waals surface area contributed by atoms with Crippen molar-refractivity contribution in [1.29, 1.82) is 0 Å². The van der Waals surface area contributed by atoms with Gasteiger partial charge >= 0.3 is 5.97 Å². The van der Waals surface area contributed by atoms with E-state index in [1.165, 1.54) is 11.8 Å². The van der Waals surface area contributed by atoms with Gasteiger partial charge in [-0.1, -0.05) is 220 Å². The van der Waals surface area contributed by atoms with Crippen LogP contribution in [0.15, 0.2) is 211 Å². The number of carbonyl (C=O) groups excluding carboxylic acids is 1. The molecule has 7 aromatic rings. The van der Waals surface area contributed by atoms with Gasteiger partial charge in [-0.15, -0.1) is 0 Å².